The van der Waals surface area contributed by atoms with Crippen LogP contribution in [-0.2, 0) is 0 Å². The van der Waals surface area contributed by atoms with Crippen molar-refractivity contribution in [1.82, 2.24) is 29.9 Å². The predicted molar refractivity (Wildman–Crippen MR) is 97.3 cm³/mol. The Morgan fingerprint density at radius 2 is 1.67 bits per heavy atom. The Morgan fingerprint density at radius 1 is 1.04 bits per heavy atom. The molecule has 2 heterocycles. The molecule has 0 aliphatic carbocycles. The fraction of sp³-hybridized carbons (Fsp3) is 0.0588. The quantitative estimate of drug-likeness (QED) is 0.404. The molecule has 0 atom stereocenters. The number of rotatable bonds is 6. The number of nitrogens with zero attached hydrogens (tertiary/aromatic N) is 6. The molecule has 0 aliphatic heterocycles. The van der Waals surface area contributed by atoms with E-state index < -0.39 is 10.9 Å². The van der Waals surface area contributed by atoms with Crippen LogP contribution in [0.15, 0.2) is 77.3 Å². The van der Waals surface area contributed by atoms with E-state index in [9.17, 15) is 10.1 Å². The molecule has 0 unspecified atom stereocenters. The molecule has 0 fully saturated rings. The average molecular weight is 379 g/mol. The van der Waals surface area contributed by atoms with E-state index in [0.717, 1.165) is 22.9 Å². The SMILES string of the molecule is O=[N+]([O-])c1nc(Sc2ncn[nH]2)n(C(c2ccccc2)c2ccccc2)n1. The summed E-state index contributed by atoms with van der Waals surface area (Å²) in [5, 5.41) is 22.8. The van der Waals surface area contributed by atoms with Crippen LogP contribution in [0.1, 0.15) is 17.2 Å². The summed E-state index contributed by atoms with van der Waals surface area (Å²) in [5.74, 6) is -0.464. The molecule has 0 bridgehead atoms. The smallest absolute Gasteiger partial charge is 0.390 e. The third-order valence-corrected chi connectivity index (χ3v) is 4.66. The van der Waals surface area contributed by atoms with E-state index in [1.807, 2.05) is 60.7 Å². The lowest BCUT2D eigenvalue weighted by Gasteiger charge is -2.16. The maximum atomic E-state index is 11.3. The molecule has 2 aromatic carbocycles. The van der Waals surface area contributed by atoms with E-state index in [4.69, 9.17) is 0 Å². The van der Waals surface area contributed by atoms with Gasteiger partial charge >= 0.3 is 5.95 Å². The van der Waals surface area contributed by atoms with Crippen molar-refractivity contribution in [2.45, 2.75) is 16.4 Å². The highest BCUT2D eigenvalue weighted by atomic mass is 32.2. The first kappa shape index (κ1) is 16.9. The van der Waals surface area contributed by atoms with Gasteiger partial charge in [0, 0.05) is 16.9 Å². The zero-order valence-electron chi connectivity index (χ0n) is 13.8. The van der Waals surface area contributed by atoms with Crippen LogP contribution in [0.4, 0.5) is 5.95 Å². The van der Waals surface area contributed by atoms with Crippen LogP contribution in [0, 0.1) is 10.1 Å². The summed E-state index contributed by atoms with van der Waals surface area (Å²) in [4.78, 5) is 18.8. The molecule has 27 heavy (non-hydrogen) atoms. The van der Waals surface area contributed by atoms with Crippen molar-refractivity contribution in [2.75, 3.05) is 0 Å². The second-order valence-electron chi connectivity index (χ2n) is 5.51. The third-order valence-electron chi connectivity index (χ3n) is 3.81. The predicted octanol–water partition coefficient (Wildman–Crippen LogP) is 3.09. The summed E-state index contributed by atoms with van der Waals surface area (Å²) >= 11 is 1.13. The molecule has 9 nitrogen and oxygen atoms in total. The number of nitro groups is 1. The molecule has 0 radical (unpaired) electrons. The molecule has 2 aromatic heterocycles. The molecule has 4 rings (SSSR count). The summed E-state index contributed by atoms with van der Waals surface area (Å²) in [7, 11) is 0. The van der Waals surface area contributed by atoms with Crippen LogP contribution in [0.3, 0.4) is 0 Å². The highest BCUT2D eigenvalue weighted by Crippen LogP contribution is 2.33. The monoisotopic (exact) mass is 379 g/mol. The lowest BCUT2D eigenvalue weighted by atomic mass is 9.99. The van der Waals surface area contributed by atoms with Crippen molar-refractivity contribution in [3.63, 3.8) is 0 Å². The Morgan fingerprint density at radius 3 is 2.19 bits per heavy atom. The minimum absolute atomic E-state index is 0.344. The normalized spacial score (nSPS) is 11.0. The van der Waals surface area contributed by atoms with Crippen molar-refractivity contribution < 1.29 is 4.92 Å². The fourth-order valence-electron chi connectivity index (χ4n) is 2.69. The van der Waals surface area contributed by atoms with Crippen molar-refractivity contribution in [3.8, 4) is 0 Å². The Bertz CT molecular complexity index is 996. The standard InChI is InChI=1S/C17H13N7O2S/c25-24(26)15-20-17(27-16-18-11-19-21-16)23(22-15)14(12-7-3-1-4-8-12)13-9-5-2-6-10-13/h1-11,14H,(H,18,19,21). The van der Waals surface area contributed by atoms with Crippen LogP contribution in [0.2, 0.25) is 0 Å². The van der Waals surface area contributed by atoms with Gasteiger partial charge in [0.2, 0.25) is 0 Å². The molecule has 0 amide bonds. The van der Waals surface area contributed by atoms with E-state index in [2.05, 4.69) is 25.3 Å². The van der Waals surface area contributed by atoms with Crippen molar-refractivity contribution in [2.24, 2.45) is 0 Å². The number of aromatic amines is 1. The van der Waals surface area contributed by atoms with Gasteiger partial charge in [0.25, 0.3) is 5.16 Å². The second-order valence-corrected chi connectivity index (χ2v) is 6.47. The van der Waals surface area contributed by atoms with E-state index in [0.29, 0.717) is 10.3 Å². The fourth-order valence-corrected chi connectivity index (χ4v) is 3.43. The molecule has 4 aromatic rings. The Hall–Kier alpha value is -3.53. The molecule has 134 valence electrons. The van der Waals surface area contributed by atoms with Gasteiger partial charge in [0.15, 0.2) is 5.16 Å². The molecule has 1 N–H and O–H groups in total. The van der Waals surface area contributed by atoms with Gasteiger partial charge in [-0.15, -0.1) is 4.68 Å². The van der Waals surface area contributed by atoms with E-state index in [1.165, 1.54) is 6.33 Å². The van der Waals surface area contributed by atoms with Gasteiger partial charge in [-0.3, -0.25) is 5.10 Å². The van der Waals surface area contributed by atoms with Gasteiger partial charge in [-0.1, -0.05) is 60.7 Å². The second kappa shape index (κ2) is 7.38. The molecule has 0 saturated heterocycles. The molecular formula is C17H13N7O2S. The highest BCUT2D eigenvalue weighted by Gasteiger charge is 2.30. The molecule has 0 saturated carbocycles. The van der Waals surface area contributed by atoms with Gasteiger partial charge in [-0.05, 0) is 21.0 Å². The summed E-state index contributed by atoms with van der Waals surface area (Å²) in [6.45, 7) is 0. The first-order chi connectivity index (χ1) is 13.2. The number of nitrogens with one attached hydrogen (secondary N) is 1. The number of benzene rings is 2. The van der Waals surface area contributed by atoms with Crippen LogP contribution in [0.25, 0.3) is 0 Å². The zero-order chi connectivity index (χ0) is 18.6. The number of hydrogen-bond donors (Lipinski definition) is 1. The Labute approximate surface area is 157 Å². The summed E-state index contributed by atoms with van der Waals surface area (Å²) in [6, 6.07) is 18.9. The van der Waals surface area contributed by atoms with Gasteiger partial charge in [0.1, 0.15) is 12.4 Å². The number of aromatic nitrogens is 6. The number of hydrogen-bond acceptors (Lipinski definition) is 7. The average Bonchev–Trinajstić information content (AvgIpc) is 3.35. The molecule has 0 aliphatic rings. The minimum atomic E-state index is -0.603. The van der Waals surface area contributed by atoms with Gasteiger partial charge < -0.3 is 10.1 Å². The number of H-pyrrole nitrogens is 1. The third kappa shape index (κ3) is 3.55. The highest BCUT2D eigenvalue weighted by molar-refractivity contribution is 7.99. The maximum absolute atomic E-state index is 11.3. The van der Waals surface area contributed by atoms with Crippen LogP contribution < -0.4 is 0 Å². The van der Waals surface area contributed by atoms with E-state index in [1.54, 1.807) is 4.68 Å². The van der Waals surface area contributed by atoms with Crippen molar-refractivity contribution in [3.05, 3.63) is 88.2 Å². The van der Waals surface area contributed by atoms with Gasteiger partial charge in [-0.25, -0.2) is 4.98 Å². The van der Waals surface area contributed by atoms with Crippen molar-refractivity contribution in [1.29, 1.82) is 0 Å². The lowest BCUT2D eigenvalue weighted by molar-refractivity contribution is -0.394. The first-order valence-corrected chi connectivity index (χ1v) is 8.78. The Kier molecular flexibility index (Phi) is 4.62. The minimum Gasteiger partial charge on any atom is -0.390 e. The summed E-state index contributed by atoms with van der Waals surface area (Å²) < 4.78 is 1.55. The Balaban J connectivity index is 1.87. The van der Waals surface area contributed by atoms with Gasteiger partial charge in [-0.2, -0.15) is 5.10 Å². The molecular weight excluding hydrogens is 366 g/mol. The maximum Gasteiger partial charge on any atom is 0.492 e. The van der Waals surface area contributed by atoms with Crippen molar-refractivity contribution >= 4 is 17.7 Å². The molecule has 10 heteroatoms. The summed E-state index contributed by atoms with van der Waals surface area (Å²) in [6.07, 6.45) is 1.36. The van der Waals surface area contributed by atoms with Crippen LogP contribution >= 0.6 is 11.8 Å². The van der Waals surface area contributed by atoms with E-state index >= 15 is 0 Å². The van der Waals surface area contributed by atoms with Gasteiger partial charge in [0.05, 0.1) is 0 Å². The van der Waals surface area contributed by atoms with Crippen LogP contribution in [0.5, 0.6) is 0 Å². The summed E-state index contributed by atoms with van der Waals surface area (Å²) in [5.41, 5.74) is 1.87. The molecule has 0 spiro atoms. The zero-order valence-corrected chi connectivity index (χ0v) is 14.7. The lowest BCUT2D eigenvalue weighted by Crippen LogP contribution is -2.15. The first-order valence-electron chi connectivity index (χ1n) is 7.96. The van der Waals surface area contributed by atoms with Crippen LogP contribution in [-0.4, -0.2) is 34.9 Å². The largest absolute Gasteiger partial charge is 0.492 e. The topological polar surface area (TPSA) is 115 Å². The van der Waals surface area contributed by atoms with E-state index in [-0.39, 0.29) is 6.04 Å².